The predicted octanol–water partition coefficient (Wildman–Crippen LogP) is 1.35. The normalized spacial score (nSPS) is 17.7. The van der Waals surface area contributed by atoms with Gasteiger partial charge in [-0.05, 0) is 30.2 Å². The van der Waals surface area contributed by atoms with Crippen molar-refractivity contribution in [2.24, 2.45) is 5.92 Å². The molecular formula is C13H15ClO6S. The number of hydrogen-bond acceptors (Lipinski definition) is 6. The average molecular weight is 335 g/mol. The summed E-state index contributed by atoms with van der Waals surface area (Å²) in [4.78, 5) is 11.8. The lowest BCUT2D eigenvalue weighted by molar-refractivity contribution is -0.151. The molecule has 0 radical (unpaired) electrons. The van der Waals surface area contributed by atoms with E-state index in [0.717, 1.165) is 0 Å². The molecule has 0 aromatic heterocycles. The summed E-state index contributed by atoms with van der Waals surface area (Å²) in [7, 11) is 3.02. The Bertz CT molecular complexity index is 628. The number of rotatable bonds is 5. The molecule has 1 aromatic rings. The van der Waals surface area contributed by atoms with E-state index in [9.17, 15) is 13.2 Å². The number of fused-ring (bicyclic) bond motifs is 1. The number of methoxy groups -OCH3 is 1. The molecular weight excluding hydrogens is 320 g/mol. The number of carbonyl (C=O) groups excluding carboxylic acids is 1. The summed E-state index contributed by atoms with van der Waals surface area (Å²) in [6, 6.07) is 4.34. The first-order valence-electron chi connectivity index (χ1n) is 6.28. The summed E-state index contributed by atoms with van der Waals surface area (Å²) in [6.45, 7) is 0.700. The summed E-state index contributed by atoms with van der Waals surface area (Å²) >= 11 is 0. The molecule has 1 aliphatic rings. The predicted molar refractivity (Wildman–Crippen MR) is 75.0 cm³/mol. The maximum absolute atomic E-state index is 11.9. The monoisotopic (exact) mass is 334 g/mol. The van der Waals surface area contributed by atoms with Gasteiger partial charge >= 0.3 is 5.97 Å². The van der Waals surface area contributed by atoms with E-state index >= 15 is 0 Å². The molecule has 0 N–H and O–H groups in total. The van der Waals surface area contributed by atoms with Crippen molar-refractivity contribution < 1.29 is 27.4 Å². The Morgan fingerprint density at radius 3 is 2.86 bits per heavy atom. The molecule has 1 unspecified atom stereocenters. The Kier molecular flexibility index (Phi) is 5.08. The second-order valence-electron chi connectivity index (χ2n) is 4.58. The van der Waals surface area contributed by atoms with Gasteiger partial charge in [-0.15, -0.1) is 0 Å². The number of esters is 1. The van der Waals surface area contributed by atoms with E-state index in [4.69, 9.17) is 24.9 Å². The van der Waals surface area contributed by atoms with Crippen molar-refractivity contribution in [3.05, 3.63) is 23.8 Å². The standard InChI is InChI=1S/C13H15ClO6S/c1-18-4-5-19-13(15)10-6-9-7-11(21(14,16)17)2-3-12(9)20-8-10/h2-3,7,10H,4-6,8H2,1H3. The first kappa shape index (κ1) is 16.1. The highest BCUT2D eigenvalue weighted by atomic mass is 35.7. The summed E-state index contributed by atoms with van der Waals surface area (Å²) in [6.07, 6.45) is 0.349. The van der Waals surface area contributed by atoms with Crippen LogP contribution in [0.15, 0.2) is 23.1 Å². The first-order valence-corrected chi connectivity index (χ1v) is 8.58. The van der Waals surface area contributed by atoms with Gasteiger partial charge in [-0.1, -0.05) is 0 Å². The Morgan fingerprint density at radius 2 is 2.19 bits per heavy atom. The lowest BCUT2D eigenvalue weighted by atomic mass is 9.97. The zero-order valence-corrected chi connectivity index (χ0v) is 12.9. The second kappa shape index (κ2) is 6.64. The maximum Gasteiger partial charge on any atom is 0.312 e. The van der Waals surface area contributed by atoms with Crippen molar-refractivity contribution in [2.45, 2.75) is 11.3 Å². The Hall–Kier alpha value is -1.31. The molecule has 0 saturated carbocycles. The highest BCUT2D eigenvalue weighted by Crippen LogP contribution is 2.31. The molecule has 116 valence electrons. The van der Waals surface area contributed by atoms with Gasteiger partial charge in [0, 0.05) is 17.8 Å². The van der Waals surface area contributed by atoms with E-state index in [1.54, 1.807) is 0 Å². The highest BCUT2D eigenvalue weighted by Gasteiger charge is 2.28. The number of hydrogen-bond donors (Lipinski definition) is 0. The number of halogens is 1. The smallest absolute Gasteiger partial charge is 0.312 e. The molecule has 1 aromatic carbocycles. The molecule has 1 heterocycles. The van der Waals surface area contributed by atoms with Gasteiger partial charge in [0.1, 0.15) is 19.0 Å². The second-order valence-corrected chi connectivity index (χ2v) is 7.15. The van der Waals surface area contributed by atoms with E-state index < -0.39 is 20.9 Å². The third-order valence-electron chi connectivity index (χ3n) is 3.08. The Labute approximate surface area is 127 Å². The number of carbonyl (C=O) groups is 1. The fraction of sp³-hybridized carbons (Fsp3) is 0.462. The molecule has 0 fully saturated rings. The molecule has 1 atom stereocenters. The fourth-order valence-electron chi connectivity index (χ4n) is 2.02. The number of benzene rings is 1. The van der Waals surface area contributed by atoms with Crippen molar-refractivity contribution >= 4 is 25.7 Å². The van der Waals surface area contributed by atoms with Gasteiger partial charge in [0.15, 0.2) is 0 Å². The average Bonchev–Trinajstić information content (AvgIpc) is 2.45. The summed E-state index contributed by atoms with van der Waals surface area (Å²) in [5, 5.41) is 0. The molecule has 2 rings (SSSR count). The van der Waals surface area contributed by atoms with Crippen LogP contribution in [0.3, 0.4) is 0 Å². The van der Waals surface area contributed by atoms with Gasteiger partial charge in [0.25, 0.3) is 9.05 Å². The van der Waals surface area contributed by atoms with Crippen molar-refractivity contribution in [3.63, 3.8) is 0 Å². The number of ether oxygens (including phenoxy) is 3. The van der Waals surface area contributed by atoms with Crippen LogP contribution >= 0.6 is 10.7 Å². The summed E-state index contributed by atoms with van der Waals surface area (Å²) in [5.74, 6) is -0.306. The van der Waals surface area contributed by atoms with Gasteiger partial charge in [-0.25, -0.2) is 8.42 Å². The van der Waals surface area contributed by atoms with Crippen LogP contribution in [0.2, 0.25) is 0 Å². The zero-order chi connectivity index (χ0) is 15.5. The van der Waals surface area contributed by atoms with Crippen molar-refractivity contribution in [1.82, 2.24) is 0 Å². The maximum atomic E-state index is 11.9. The lowest BCUT2D eigenvalue weighted by Crippen LogP contribution is -2.30. The van der Waals surface area contributed by atoms with Gasteiger partial charge in [0.05, 0.1) is 17.4 Å². The van der Waals surface area contributed by atoms with Crippen LogP contribution in [-0.4, -0.2) is 41.3 Å². The van der Waals surface area contributed by atoms with Crippen LogP contribution in [0.1, 0.15) is 5.56 Å². The zero-order valence-electron chi connectivity index (χ0n) is 11.4. The van der Waals surface area contributed by atoms with Crippen LogP contribution in [0.4, 0.5) is 0 Å². The molecule has 0 spiro atoms. The molecule has 8 heteroatoms. The fourth-order valence-corrected chi connectivity index (χ4v) is 2.82. The van der Waals surface area contributed by atoms with Crippen LogP contribution in [0.5, 0.6) is 5.75 Å². The molecule has 0 amide bonds. The van der Waals surface area contributed by atoms with E-state index in [1.165, 1.54) is 25.3 Å². The molecule has 0 saturated heterocycles. The minimum atomic E-state index is -3.81. The molecule has 6 nitrogen and oxygen atoms in total. The summed E-state index contributed by atoms with van der Waals surface area (Å²) < 4.78 is 38.0. The first-order chi connectivity index (χ1) is 9.91. The SMILES string of the molecule is COCCOC(=O)C1COc2ccc(S(=O)(=O)Cl)cc2C1. The lowest BCUT2D eigenvalue weighted by Gasteiger charge is -2.24. The van der Waals surface area contributed by atoms with E-state index in [-0.39, 0.29) is 18.1 Å². The van der Waals surface area contributed by atoms with Crippen LogP contribution in [-0.2, 0) is 29.7 Å². The van der Waals surface area contributed by atoms with Crippen molar-refractivity contribution in [2.75, 3.05) is 26.9 Å². The molecule has 1 aliphatic heterocycles. The minimum Gasteiger partial charge on any atom is -0.492 e. The van der Waals surface area contributed by atoms with Gasteiger partial charge in [0.2, 0.25) is 0 Å². The minimum absolute atomic E-state index is 0.0140. The molecule has 21 heavy (non-hydrogen) atoms. The largest absolute Gasteiger partial charge is 0.492 e. The third-order valence-corrected chi connectivity index (χ3v) is 4.44. The van der Waals surface area contributed by atoms with Gasteiger partial charge < -0.3 is 14.2 Å². The van der Waals surface area contributed by atoms with E-state index in [0.29, 0.717) is 24.3 Å². The van der Waals surface area contributed by atoms with Gasteiger partial charge in [-0.3, -0.25) is 4.79 Å². The molecule has 0 bridgehead atoms. The van der Waals surface area contributed by atoms with Crippen LogP contribution < -0.4 is 4.74 Å². The van der Waals surface area contributed by atoms with E-state index in [2.05, 4.69) is 0 Å². The van der Waals surface area contributed by atoms with Crippen molar-refractivity contribution in [3.8, 4) is 5.75 Å². The van der Waals surface area contributed by atoms with Crippen LogP contribution in [0.25, 0.3) is 0 Å². The Morgan fingerprint density at radius 1 is 1.43 bits per heavy atom. The third kappa shape index (κ3) is 4.09. The van der Waals surface area contributed by atoms with E-state index in [1.807, 2.05) is 0 Å². The van der Waals surface area contributed by atoms with Crippen LogP contribution in [0, 0.1) is 5.92 Å². The Balaban J connectivity index is 2.10. The highest BCUT2D eigenvalue weighted by molar-refractivity contribution is 8.13. The quantitative estimate of drug-likeness (QED) is 0.459. The van der Waals surface area contributed by atoms with Crippen molar-refractivity contribution in [1.29, 1.82) is 0 Å². The van der Waals surface area contributed by atoms with Gasteiger partial charge in [-0.2, -0.15) is 0 Å². The summed E-state index contributed by atoms with van der Waals surface area (Å²) in [5.41, 5.74) is 0.622. The topological polar surface area (TPSA) is 78.9 Å². The molecule has 0 aliphatic carbocycles.